The lowest BCUT2D eigenvalue weighted by atomic mass is 10.1. The first kappa shape index (κ1) is 17.2. The number of amides is 1. The number of thiophene rings is 1. The number of alkyl halides is 3. The maximum absolute atomic E-state index is 12.8. The Morgan fingerprint density at radius 3 is 2.92 bits per heavy atom. The van der Waals surface area contributed by atoms with Crippen LogP contribution in [-0.4, -0.2) is 30.5 Å². The van der Waals surface area contributed by atoms with E-state index >= 15 is 0 Å². The number of nitrogens with one attached hydrogen (secondary N) is 2. The molecule has 3 heterocycles. The molecule has 1 fully saturated rings. The molecule has 0 aliphatic carbocycles. The molecule has 1 atom stereocenters. The Kier molecular flexibility index (Phi) is 4.78. The minimum atomic E-state index is -4.48. The van der Waals surface area contributed by atoms with Crippen LogP contribution in [0.15, 0.2) is 12.1 Å². The molecule has 1 aliphatic heterocycles. The first-order valence-corrected chi connectivity index (χ1v) is 8.64. The van der Waals surface area contributed by atoms with Gasteiger partial charge in [-0.25, -0.2) is 4.98 Å². The van der Waals surface area contributed by atoms with Crippen molar-refractivity contribution >= 4 is 27.5 Å². The van der Waals surface area contributed by atoms with Gasteiger partial charge in [0, 0.05) is 11.9 Å². The van der Waals surface area contributed by atoms with E-state index in [0.29, 0.717) is 28.3 Å². The summed E-state index contributed by atoms with van der Waals surface area (Å²) in [6, 6.07) is 2.34. The van der Waals surface area contributed by atoms with E-state index in [1.165, 1.54) is 6.07 Å². The second-order valence-electron chi connectivity index (χ2n) is 6.01. The second-order valence-corrected chi connectivity index (χ2v) is 7.01. The maximum Gasteiger partial charge on any atom is 0.433 e. The van der Waals surface area contributed by atoms with Crippen LogP contribution in [0.25, 0.3) is 10.2 Å². The van der Waals surface area contributed by atoms with Crippen LogP contribution in [-0.2, 0) is 6.18 Å². The standard InChI is InChI=1S/C16H18F3N3OS/c1-9-11-2-3-12(16(17,18)19)22-15(11)24-13(9)14(23)21-7-5-10-4-6-20-8-10/h2-3,10,20H,4-8H2,1H3,(H,21,23). The first-order chi connectivity index (χ1) is 11.4. The number of hydrogen-bond donors (Lipinski definition) is 2. The number of hydrogen-bond acceptors (Lipinski definition) is 4. The third-order valence-electron chi connectivity index (χ3n) is 4.30. The average Bonchev–Trinajstić information content (AvgIpc) is 3.14. The highest BCUT2D eigenvalue weighted by Gasteiger charge is 2.33. The van der Waals surface area contributed by atoms with Gasteiger partial charge in [-0.1, -0.05) is 0 Å². The van der Waals surface area contributed by atoms with Gasteiger partial charge >= 0.3 is 6.18 Å². The van der Waals surface area contributed by atoms with Crippen LogP contribution >= 0.6 is 11.3 Å². The summed E-state index contributed by atoms with van der Waals surface area (Å²) in [7, 11) is 0. The SMILES string of the molecule is Cc1c(C(=O)NCCC2CCNC2)sc2nc(C(F)(F)F)ccc12. The van der Waals surface area contributed by atoms with E-state index in [4.69, 9.17) is 0 Å². The molecule has 0 bridgehead atoms. The summed E-state index contributed by atoms with van der Waals surface area (Å²) in [5.74, 6) is 0.333. The largest absolute Gasteiger partial charge is 0.433 e. The van der Waals surface area contributed by atoms with Crippen molar-refractivity contribution in [2.24, 2.45) is 5.92 Å². The van der Waals surface area contributed by atoms with Gasteiger partial charge in [-0.05, 0) is 56.5 Å². The molecule has 8 heteroatoms. The molecule has 0 aromatic carbocycles. The van der Waals surface area contributed by atoms with Gasteiger partial charge in [0.1, 0.15) is 10.5 Å². The predicted octanol–water partition coefficient (Wildman–Crippen LogP) is 3.35. The van der Waals surface area contributed by atoms with Gasteiger partial charge in [-0.2, -0.15) is 13.2 Å². The Labute approximate surface area is 141 Å². The fraction of sp³-hybridized carbons (Fsp3) is 0.500. The average molecular weight is 357 g/mol. The number of fused-ring (bicyclic) bond motifs is 1. The summed E-state index contributed by atoms with van der Waals surface area (Å²) in [5.41, 5.74) is -0.256. The van der Waals surface area contributed by atoms with Crippen molar-refractivity contribution in [2.45, 2.75) is 25.9 Å². The Hall–Kier alpha value is -1.67. The minimum absolute atomic E-state index is 0.241. The lowest BCUT2D eigenvalue weighted by molar-refractivity contribution is -0.140. The molecule has 0 spiro atoms. The Bertz CT molecular complexity index is 751. The fourth-order valence-electron chi connectivity index (χ4n) is 2.90. The van der Waals surface area contributed by atoms with Crippen molar-refractivity contribution < 1.29 is 18.0 Å². The molecule has 24 heavy (non-hydrogen) atoms. The van der Waals surface area contributed by atoms with Crippen molar-refractivity contribution in [3.05, 3.63) is 28.3 Å². The second kappa shape index (κ2) is 6.68. The molecule has 1 amide bonds. The van der Waals surface area contributed by atoms with Crippen molar-refractivity contribution in [3.63, 3.8) is 0 Å². The molecular weight excluding hydrogens is 339 g/mol. The van der Waals surface area contributed by atoms with Gasteiger partial charge in [0.25, 0.3) is 5.91 Å². The summed E-state index contributed by atoms with van der Waals surface area (Å²) < 4.78 is 38.3. The van der Waals surface area contributed by atoms with Gasteiger partial charge in [-0.15, -0.1) is 11.3 Å². The third-order valence-corrected chi connectivity index (χ3v) is 5.50. The van der Waals surface area contributed by atoms with Crippen LogP contribution in [0.2, 0.25) is 0 Å². The Balaban J connectivity index is 1.73. The summed E-state index contributed by atoms with van der Waals surface area (Å²) in [6.45, 7) is 4.30. The minimum Gasteiger partial charge on any atom is -0.351 e. The van der Waals surface area contributed by atoms with Gasteiger partial charge < -0.3 is 10.6 Å². The topological polar surface area (TPSA) is 54.0 Å². The predicted molar refractivity (Wildman–Crippen MR) is 87.3 cm³/mol. The lowest BCUT2D eigenvalue weighted by Gasteiger charge is -2.09. The van der Waals surface area contributed by atoms with E-state index in [1.54, 1.807) is 6.92 Å². The van der Waals surface area contributed by atoms with Crippen molar-refractivity contribution in [2.75, 3.05) is 19.6 Å². The summed E-state index contributed by atoms with van der Waals surface area (Å²) in [6.07, 6.45) is -2.47. The number of aromatic nitrogens is 1. The van der Waals surface area contributed by atoms with Crippen LogP contribution in [0.5, 0.6) is 0 Å². The lowest BCUT2D eigenvalue weighted by Crippen LogP contribution is -2.26. The van der Waals surface area contributed by atoms with Gasteiger partial charge in [0.15, 0.2) is 0 Å². The molecule has 2 aromatic rings. The highest BCUT2D eigenvalue weighted by molar-refractivity contribution is 7.20. The molecule has 130 valence electrons. The van der Waals surface area contributed by atoms with Crippen molar-refractivity contribution in [1.29, 1.82) is 0 Å². The summed E-state index contributed by atoms with van der Waals surface area (Å²) in [5, 5.41) is 6.74. The van der Waals surface area contributed by atoms with E-state index in [0.717, 1.165) is 43.3 Å². The molecule has 1 saturated heterocycles. The number of carbonyl (C=O) groups excluding carboxylic acids is 1. The van der Waals surface area contributed by atoms with Crippen molar-refractivity contribution in [3.8, 4) is 0 Å². The Morgan fingerprint density at radius 1 is 1.46 bits per heavy atom. The monoisotopic (exact) mass is 357 g/mol. The van der Waals surface area contributed by atoms with Gasteiger partial charge in [0.05, 0.1) is 4.88 Å². The highest BCUT2D eigenvalue weighted by atomic mass is 32.1. The Morgan fingerprint density at radius 2 is 2.25 bits per heavy atom. The molecule has 3 rings (SSSR count). The number of nitrogens with zero attached hydrogens (tertiary/aromatic N) is 1. The zero-order chi connectivity index (χ0) is 17.3. The van der Waals surface area contributed by atoms with Crippen LogP contribution in [0.4, 0.5) is 13.2 Å². The van der Waals surface area contributed by atoms with E-state index in [9.17, 15) is 18.0 Å². The molecular formula is C16H18F3N3OS. The summed E-state index contributed by atoms with van der Waals surface area (Å²) >= 11 is 1.01. The fourth-order valence-corrected chi connectivity index (χ4v) is 4.00. The zero-order valence-electron chi connectivity index (χ0n) is 13.2. The number of halogens is 3. The number of carbonyl (C=O) groups is 1. The third kappa shape index (κ3) is 3.54. The molecule has 2 aromatic heterocycles. The van der Waals surface area contributed by atoms with E-state index < -0.39 is 11.9 Å². The first-order valence-electron chi connectivity index (χ1n) is 7.82. The van der Waals surface area contributed by atoms with E-state index in [2.05, 4.69) is 15.6 Å². The van der Waals surface area contributed by atoms with E-state index in [1.807, 2.05) is 0 Å². The molecule has 4 nitrogen and oxygen atoms in total. The van der Waals surface area contributed by atoms with E-state index in [-0.39, 0.29) is 10.7 Å². The molecule has 2 N–H and O–H groups in total. The normalized spacial score (nSPS) is 18.2. The maximum atomic E-state index is 12.8. The van der Waals surface area contributed by atoms with Gasteiger partial charge in [0.2, 0.25) is 0 Å². The number of rotatable bonds is 4. The van der Waals surface area contributed by atoms with Crippen LogP contribution in [0.1, 0.15) is 33.8 Å². The molecule has 0 saturated carbocycles. The van der Waals surface area contributed by atoms with Crippen LogP contribution in [0, 0.1) is 12.8 Å². The number of aryl methyl sites for hydroxylation is 1. The molecule has 0 radical (unpaired) electrons. The highest BCUT2D eigenvalue weighted by Crippen LogP contribution is 2.34. The van der Waals surface area contributed by atoms with Crippen LogP contribution in [0.3, 0.4) is 0 Å². The summed E-state index contributed by atoms with van der Waals surface area (Å²) in [4.78, 5) is 16.7. The smallest absolute Gasteiger partial charge is 0.351 e. The van der Waals surface area contributed by atoms with Crippen molar-refractivity contribution in [1.82, 2.24) is 15.6 Å². The zero-order valence-corrected chi connectivity index (χ0v) is 14.0. The van der Waals surface area contributed by atoms with Gasteiger partial charge in [-0.3, -0.25) is 4.79 Å². The molecule has 1 unspecified atom stereocenters. The molecule has 1 aliphatic rings. The number of pyridine rings is 1. The van der Waals surface area contributed by atoms with Crippen LogP contribution < -0.4 is 10.6 Å². The quantitative estimate of drug-likeness (QED) is 0.882.